The van der Waals surface area contributed by atoms with E-state index in [9.17, 15) is 8.42 Å². The van der Waals surface area contributed by atoms with Crippen molar-refractivity contribution in [2.45, 2.75) is 32.6 Å². The van der Waals surface area contributed by atoms with E-state index in [0.29, 0.717) is 6.54 Å². The van der Waals surface area contributed by atoms with Crippen molar-refractivity contribution in [2.75, 3.05) is 11.2 Å². The molecule has 1 N–H and O–H groups in total. The maximum atomic E-state index is 11.1. The molecule has 1 rings (SSSR count). The molecule has 0 aromatic rings. The predicted molar refractivity (Wildman–Crippen MR) is 57.3 cm³/mol. The normalized spacial score (nSPS) is 21.1. The van der Waals surface area contributed by atoms with Crippen LogP contribution in [0.4, 0.5) is 0 Å². The number of nitrogens with one attached hydrogen (secondary N) is 1. The molecule has 1 aliphatic carbocycles. The molecule has 0 spiro atoms. The molecule has 0 unspecified atom stereocenters. The van der Waals surface area contributed by atoms with Crippen LogP contribution in [0.5, 0.6) is 0 Å². The van der Waals surface area contributed by atoms with E-state index >= 15 is 0 Å². The Kier molecular flexibility index (Phi) is 3.77. The molecule has 5 heteroatoms. The van der Waals surface area contributed by atoms with Crippen LogP contribution >= 0.6 is 15.9 Å². The number of rotatable bonds is 5. The standard InChI is InChI=1S/C8H16BrNO2S/c1-2-8(4-3-5-8)6-10-13(11,12)7-9/h10H,2-7H2,1H3. The van der Waals surface area contributed by atoms with Crippen LogP contribution < -0.4 is 4.72 Å². The maximum Gasteiger partial charge on any atom is 0.221 e. The zero-order valence-electron chi connectivity index (χ0n) is 7.85. The van der Waals surface area contributed by atoms with Crippen molar-refractivity contribution in [2.24, 2.45) is 5.41 Å². The van der Waals surface area contributed by atoms with E-state index in [1.807, 2.05) is 0 Å². The Bertz CT molecular complexity index is 254. The molecule has 0 atom stereocenters. The van der Waals surface area contributed by atoms with Crippen LogP contribution in [0.1, 0.15) is 32.6 Å². The lowest BCUT2D eigenvalue weighted by atomic mass is 9.67. The summed E-state index contributed by atoms with van der Waals surface area (Å²) in [6.07, 6.45) is 4.63. The average molecular weight is 270 g/mol. The Balaban J connectivity index is 2.41. The van der Waals surface area contributed by atoms with Crippen molar-refractivity contribution in [3.05, 3.63) is 0 Å². The summed E-state index contributed by atoms with van der Waals surface area (Å²) in [5.74, 6) is 0. The van der Waals surface area contributed by atoms with Gasteiger partial charge in [0.05, 0.1) is 0 Å². The van der Waals surface area contributed by atoms with Crippen molar-refractivity contribution in [1.82, 2.24) is 4.72 Å². The largest absolute Gasteiger partial charge is 0.221 e. The quantitative estimate of drug-likeness (QED) is 0.775. The summed E-state index contributed by atoms with van der Waals surface area (Å²) in [7, 11) is -3.07. The second kappa shape index (κ2) is 4.28. The fourth-order valence-electron chi connectivity index (χ4n) is 1.63. The smallest absolute Gasteiger partial charge is 0.214 e. The minimum absolute atomic E-state index is 0.000204. The van der Waals surface area contributed by atoms with Gasteiger partial charge in [-0.15, -0.1) is 0 Å². The lowest BCUT2D eigenvalue weighted by molar-refractivity contribution is 0.133. The van der Waals surface area contributed by atoms with Crippen LogP contribution in [0, 0.1) is 5.41 Å². The van der Waals surface area contributed by atoms with Gasteiger partial charge < -0.3 is 0 Å². The van der Waals surface area contributed by atoms with Crippen LogP contribution in [0.15, 0.2) is 0 Å². The lowest BCUT2D eigenvalue weighted by Crippen LogP contribution is -2.41. The van der Waals surface area contributed by atoms with Gasteiger partial charge in [0.25, 0.3) is 0 Å². The highest BCUT2D eigenvalue weighted by atomic mass is 79.9. The van der Waals surface area contributed by atoms with E-state index in [4.69, 9.17) is 0 Å². The first-order valence-electron chi connectivity index (χ1n) is 4.57. The molecule has 0 saturated heterocycles. The Labute approximate surface area is 88.5 Å². The van der Waals surface area contributed by atoms with E-state index in [1.54, 1.807) is 0 Å². The van der Waals surface area contributed by atoms with Crippen LogP contribution in [0.2, 0.25) is 0 Å². The fourth-order valence-corrected chi connectivity index (χ4v) is 2.72. The van der Waals surface area contributed by atoms with Gasteiger partial charge >= 0.3 is 0 Å². The van der Waals surface area contributed by atoms with Gasteiger partial charge in [-0.25, -0.2) is 13.1 Å². The maximum absolute atomic E-state index is 11.1. The number of sulfonamides is 1. The summed E-state index contributed by atoms with van der Waals surface area (Å²) in [4.78, 5) is 0. The number of hydrogen-bond acceptors (Lipinski definition) is 2. The molecule has 1 fully saturated rings. The Hall–Kier alpha value is 0.390. The topological polar surface area (TPSA) is 46.2 Å². The minimum Gasteiger partial charge on any atom is -0.214 e. The first kappa shape index (κ1) is 11.5. The molecule has 0 aromatic carbocycles. The molecule has 0 aromatic heterocycles. The van der Waals surface area contributed by atoms with Crippen molar-refractivity contribution in [3.8, 4) is 0 Å². The highest BCUT2D eigenvalue weighted by Crippen LogP contribution is 2.43. The molecule has 13 heavy (non-hydrogen) atoms. The van der Waals surface area contributed by atoms with E-state index in [0.717, 1.165) is 19.3 Å². The molecule has 3 nitrogen and oxygen atoms in total. The minimum atomic E-state index is -3.07. The van der Waals surface area contributed by atoms with E-state index in [1.165, 1.54) is 6.42 Å². The summed E-state index contributed by atoms with van der Waals surface area (Å²) in [6, 6.07) is 0. The average Bonchev–Trinajstić information content (AvgIpc) is 2.03. The molecule has 78 valence electrons. The first-order valence-corrected chi connectivity index (χ1v) is 7.34. The first-order chi connectivity index (χ1) is 6.04. The van der Waals surface area contributed by atoms with Gasteiger partial charge in [-0.05, 0) is 24.7 Å². The number of halogens is 1. The van der Waals surface area contributed by atoms with Crippen molar-refractivity contribution in [1.29, 1.82) is 0 Å². The van der Waals surface area contributed by atoms with Crippen LogP contribution in [0.25, 0.3) is 0 Å². The van der Waals surface area contributed by atoms with Crippen LogP contribution in [-0.4, -0.2) is 19.6 Å². The van der Waals surface area contributed by atoms with Gasteiger partial charge in [-0.1, -0.05) is 29.3 Å². The zero-order chi connectivity index (χ0) is 9.95. The summed E-state index contributed by atoms with van der Waals surface area (Å²) < 4.78 is 24.9. The number of alkyl halides is 1. The molecule has 0 heterocycles. The van der Waals surface area contributed by atoms with Crippen LogP contribution in [-0.2, 0) is 10.0 Å². The van der Waals surface area contributed by atoms with Crippen LogP contribution in [0.3, 0.4) is 0 Å². The highest BCUT2D eigenvalue weighted by Gasteiger charge is 2.35. The fraction of sp³-hybridized carbons (Fsp3) is 1.00. The van der Waals surface area contributed by atoms with Crippen molar-refractivity contribution < 1.29 is 8.42 Å². The van der Waals surface area contributed by atoms with Gasteiger partial charge in [-0.2, -0.15) is 0 Å². The third-order valence-corrected chi connectivity index (χ3v) is 5.65. The Morgan fingerprint density at radius 2 is 2.08 bits per heavy atom. The molecule has 0 amide bonds. The van der Waals surface area contributed by atoms with Gasteiger partial charge in [-0.3, -0.25) is 0 Å². The highest BCUT2D eigenvalue weighted by molar-refractivity contribution is 9.10. The predicted octanol–water partition coefficient (Wildman–Crippen LogP) is 1.84. The molecular formula is C8H16BrNO2S. The molecule has 1 aliphatic rings. The van der Waals surface area contributed by atoms with E-state index in [2.05, 4.69) is 27.6 Å². The summed E-state index contributed by atoms with van der Waals surface area (Å²) in [5, 5.41) is 0. The van der Waals surface area contributed by atoms with Gasteiger partial charge in [0.1, 0.15) is 4.66 Å². The van der Waals surface area contributed by atoms with E-state index < -0.39 is 10.0 Å². The summed E-state index contributed by atoms with van der Waals surface area (Å²) in [5.41, 5.74) is 0.259. The third kappa shape index (κ3) is 2.92. The van der Waals surface area contributed by atoms with E-state index in [-0.39, 0.29) is 10.1 Å². The molecular weight excluding hydrogens is 254 g/mol. The zero-order valence-corrected chi connectivity index (χ0v) is 10.2. The SMILES string of the molecule is CCC1(CNS(=O)(=O)CBr)CCC1. The number of hydrogen-bond donors (Lipinski definition) is 1. The second-order valence-corrected chi connectivity index (χ2v) is 6.86. The Morgan fingerprint density at radius 1 is 1.46 bits per heavy atom. The van der Waals surface area contributed by atoms with Crippen molar-refractivity contribution >= 4 is 26.0 Å². The van der Waals surface area contributed by atoms with Gasteiger partial charge in [0.2, 0.25) is 10.0 Å². The molecule has 0 aliphatic heterocycles. The van der Waals surface area contributed by atoms with Gasteiger partial charge in [0.15, 0.2) is 0 Å². The van der Waals surface area contributed by atoms with Gasteiger partial charge in [0, 0.05) is 6.54 Å². The summed E-state index contributed by atoms with van der Waals surface area (Å²) >= 11 is 2.95. The monoisotopic (exact) mass is 269 g/mol. The summed E-state index contributed by atoms with van der Waals surface area (Å²) in [6.45, 7) is 2.74. The lowest BCUT2D eigenvalue weighted by Gasteiger charge is -2.41. The second-order valence-electron chi connectivity index (χ2n) is 3.75. The molecule has 0 radical (unpaired) electrons. The third-order valence-electron chi connectivity index (χ3n) is 2.97. The Morgan fingerprint density at radius 3 is 2.38 bits per heavy atom. The van der Waals surface area contributed by atoms with Crippen molar-refractivity contribution in [3.63, 3.8) is 0 Å². The molecule has 0 bridgehead atoms. The molecule has 1 saturated carbocycles.